The van der Waals surface area contributed by atoms with Crippen molar-refractivity contribution in [2.24, 2.45) is 0 Å². The molecule has 0 unspecified atom stereocenters. The first-order valence-corrected chi connectivity index (χ1v) is 9.13. The first-order valence-electron chi connectivity index (χ1n) is 7.65. The second-order valence-corrected chi connectivity index (χ2v) is 7.43. The topological polar surface area (TPSA) is 93.7 Å². The smallest absolute Gasteiger partial charge is 0.242 e. The van der Waals surface area contributed by atoms with E-state index < -0.39 is 22.0 Å². The maximum Gasteiger partial charge on any atom is 0.242 e. The van der Waals surface area contributed by atoms with Crippen molar-refractivity contribution < 1.29 is 22.7 Å². The number of benzene rings is 2. The van der Waals surface area contributed by atoms with E-state index in [1.54, 1.807) is 30.3 Å². The molecule has 0 aliphatic carbocycles. The minimum absolute atomic E-state index is 0.112. The molecular weight excluding hydrogens is 344 g/mol. The largest absolute Gasteiger partial charge is 0.454 e. The Labute approximate surface area is 146 Å². The molecule has 0 aromatic heterocycles. The fourth-order valence-electron chi connectivity index (χ4n) is 2.30. The van der Waals surface area contributed by atoms with E-state index >= 15 is 0 Å². The molecule has 7 nitrogen and oxygen atoms in total. The first-order chi connectivity index (χ1) is 11.8. The Morgan fingerprint density at radius 3 is 2.48 bits per heavy atom. The fraction of sp³-hybridized carbons (Fsp3) is 0.235. The van der Waals surface area contributed by atoms with Crippen LogP contribution in [0, 0.1) is 6.92 Å². The zero-order valence-corrected chi connectivity index (χ0v) is 14.6. The van der Waals surface area contributed by atoms with Crippen LogP contribution in [-0.4, -0.2) is 27.2 Å². The number of rotatable bonds is 5. The number of carbonyl (C=O) groups is 1. The number of nitrogens with one attached hydrogen (secondary N) is 2. The van der Waals surface area contributed by atoms with E-state index in [9.17, 15) is 13.2 Å². The molecule has 1 heterocycles. The first kappa shape index (κ1) is 17.2. The minimum Gasteiger partial charge on any atom is -0.454 e. The van der Waals surface area contributed by atoms with Crippen LogP contribution in [-0.2, 0) is 14.8 Å². The minimum atomic E-state index is -3.78. The molecule has 2 aromatic rings. The van der Waals surface area contributed by atoms with Gasteiger partial charge in [0, 0.05) is 11.8 Å². The second-order valence-electron chi connectivity index (χ2n) is 5.71. The van der Waals surface area contributed by atoms with Gasteiger partial charge >= 0.3 is 0 Å². The molecule has 1 atom stereocenters. The Morgan fingerprint density at radius 1 is 1.08 bits per heavy atom. The van der Waals surface area contributed by atoms with E-state index in [4.69, 9.17) is 9.47 Å². The Balaban J connectivity index is 1.67. The van der Waals surface area contributed by atoms with Crippen molar-refractivity contribution in [3.8, 4) is 11.5 Å². The quantitative estimate of drug-likeness (QED) is 0.849. The Kier molecular flexibility index (Phi) is 4.65. The predicted molar refractivity (Wildman–Crippen MR) is 92.2 cm³/mol. The van der Waals surface area contributed by atoms with Crippen LogP contribution in [0.1, 0.15) is 12.5 Å². The molecule has 2 N–H and O–H groups in total. The third-order valence-corrected chi connectivity index (χ3v) is 5.25. The SMILES string of the molecule is Cc1ccc(S(=O)(=O)N[C@H](C)C(=O)Nc2ccc3c(c2)OCO3)cc1. The maximum absolute atomic E-state index is 12.3. The number of hydrogen-bond acceptors (Lipinski definition) is 5. The molecule has 1 aliphatic heterocycles. The highest BCUT2D eigenvalue weighted by Gasteiger charge is 2.22. The van der Waals surface area contributed by atoms with Gasteiger partial charge in [-0.3, -0.25) is 4.79 Å². The van der Waals surface area contributed by atoms with Gasteiger partial charge in [-0.05, 0) is 38.1 Å². The summed E-state index contributed by atoms with van der Waals surface area (Å²) in [5.74, 6) is 0.659. The fourth-order valence-corrected chi connectivity index (χ4v) is 3.50. The van der Waals surface area contributed by atoms with Crippen molar-refractivity contribution in [2.45, 2.75) is 24.8 Å². The number of fused-ring (bicyclic) bond motifs is 1. The van der Waals surface area contributed by atoms with Crippen molar-refractivity contribution in [1.82, 2.24) is 4.72 Å². The zero-order chi connectivity index (χ0) is 18.0. The summed E-state index contributed by atoms with van der Waals surface area (Å²) < 4.78 is 37.5. The molecule has 2 aromatic carbocycles. The van der Waals surface area contributed by atoms with E-state index in [1.807, 2.05) is 6.92 Å². The lowest BCUT2D eigenvalue weighted by molar-refractivity contribution is -0.117. The van der Waals surface area contributed by atoms with Gasteiger partial charge in [-0.15, -0.1) is 0 Å². The Hall–Kier alpha value is -2.58. The number of aryl methyl sites for hydroxylation is 1. The second kappa shape index (κ2) is 6.73. The zero-order valence-electron chi connectivity index (χ0n) is 13.8. The molecule has 0 saturated heterocycles. The van der Waals surface area contributed by atoms with Gasteiger partial charge in [-0.25, -0.2) is 8.42 Å². The highest BCUT2D eigenvalue weighted by atomic mass is 32.2. The van der Waals surface area contributed by atoms with Gasteiger partial charge in [0.05, 0.1) is 10.9 Å². The predicted octanol–water partition coefficient (Wildman–Crippen LogP) is 2.03. The van der Waals surface area contributed by atoms with Gasteiger partial charge in [0.15, 0.2) is 11.5 Å². The summed E-state index contributed by atoms with van der Waals surface area (Å²) >= 11 is 0. The molecule has 0 radical (unpaired) electrons. The lowest BCUT2D eigenvalue weighted by atomic mass is 10.2. The van der Waals surface area contributed by atoms with E-state index in [-0.39, 0.29) is 11.7 Å². The van der Waals surface area contributed by atoms with Crippen molar-refractivity contribution in [3.05, 3.63) is 48.0 Å². The molecule has 3 rings (SSSR count). The van der Waals surface area contributed by atoms with E-state index in [0.717, 1.165) is 5.56 Å². The third-order valence-electron chi connectivity index (χ3n) is 3.70. The maximum atomic E-state index is 12.3. The number of carbonyl (C=O) groups excluding carboxylic acids is 1. The number of anilines is 1. The summed E-state index contributed by atoms with van der Waals surface area (Å²) in [6.07, 6.45) is 0. The molecule has 0 saturated carbocycles. The van der Waals surface area contributed by atoms with E-state index in [2.05, 4.69) is 10.0 Å². The number of ether oxygens (including phenoxy) is 2. The molecule has 1 amide bonds. The molecular formula is C17H18N2O5S. The van der Waals surface area contributed by atoms with Crippen LogP contribution in [0.25, 0.3) is 0 Å². The monoisotopic (exact) mass is 362 g/mol. The lowest BCUT2D eigenvalue weighted by Gasteiger charge is -2.15. The summed E-state index contributed by atoms with van der Waals surface area (Å²) in [5, 5.41) is 2.65. The van der Waals surface area contributed by atoms with Gasteiger partial charge in [-0.1, -0.05) is 17.7 Å². The third kappa shape index (κ3) is 3.92. The number of hydrogen-bond donors (Lipinski definition) is 2. The van der Waals surface area contributed by atoms with Crippen LogP contribution in [0.4, 0.5) is 5.69 Å². The average Bonchev–Trinajstić information content (AvgIpc) is 3.02. The number of amides is 1. The van der Waals surface area contributed by atoms with Crippen molar-refractivity contribution in [1.29, 1.82) is 0 Å². The standard InChI is InChI=1S/C17H18N2O5S/c1-11-3-6-14(7-4-11)25(21,22)19-12(2)17(20)18-13-5-8-15-16(9-13)24-10-23-15/h3-9,12,19H,10H2,1-2H3,(H,18,20)/t12-/m1/s1. The summed E-state index contributed by atoms with van der Waals surface area (Å²) in [6, 6.07) is 10.4. The molecule has 1 aliphatic rings. The summed E-state index contributed by atoms with van der Waals surface area (Å²) in [4.78, 5) is 12.4. The number of sulfonamides is 1. The Morgan fingerprint density at radius 2 is 1.76 bits per heavy atom. The van der Waals surface area contributed by atoms with Crippen LogP contribution in [0.2, 0.25) is 0 Å². The van der Waals surface area contributed by atoms with Crippen LogP contribution >= 0.6 is 0 Å². The van der Waals surface area contributed by atoms with Crippen LogP contribution in [0.3, 0.4) is 0 Å². The molecule has 0 bridgehead atoms. The molecule has 0 spiro atoms. The van der Waals surface area contributed by atoms with Crippen LogP contribution in [0.15, 0.2) is 47.4 Å². The molecule has 8 heteroatoms. The lowest BCUT2D eigenvalue weighted by Crippen LogP contribution is -2.41. The molecule has 0 fully saturated rings. The van der Waals surface area contributed by atoms with Crippen LogP contribution < -0.4 is 19.5 Å². The highest BCUT2D eigenvalue weighted by Crippen LogP contribution is 2.34. The van der Waals surface area contributed by atoms with Gasteiger partial charge in [-0.2, -0.15) is 4.72 Å². The van der Waals surface area contributed by atoms with Crippen LogP contribution in [0.5, 0.6) is 11.5 Å². The van der Waals surface area contributed by atoms with Gasteiger partial charge in [0.25, 0.3) is 0 Å². The van der Waals surface area contributed by atoms with Gasteiger partial charge in [0.2, 0.25) is 22.7 Å². The highest BCUT2D eigenvalue weighted by molar-refractivity contribution is 7.89. The normalized spacial score (nSPS) is 14.2. The van der Waals surface area contributed by atoms with Crippen molar-refractivity contribution in [2.75, 3.05) is 12.1 Å². The summed E-state index contributed by atoms with van der Waals surface area (Å²) in [7, 11) is -3.78. The summed E-state index contributed by atoms with van der Waals surface area (Å²) in [6.45, 7) is 3.48. The Bertz CT molecular complexity index is 894. The van der Waals surface area contributed by atoms with Crippen molar-refractivity contribution >= 4 is 21.6 Å². The van der Waals surface area contributed by atoms with E-state index in [1.165, 1.54) is 19.1 Å². The average molecular weight is 362 g/mol. The van der Waals surface area contributed by atoms with Crippen molar-refractivity contribution in [3.63, 3.8) is 0 Å². The molecule has 25 heavy (non-hydrogen) atoms. The summed E-state index contributed by atoms with van der Waals surface area (Å²) in [5.41, 5.74) is 1.45. The van der Waals surface area contributed by atoms with Gasteiger partial charge < -0.3 is 14.8 Å². The van der Waals surface area contributed by atoms with E-state index in [0.29, 0.717) is 17.2 Å². The van der Waals surface area contributed by atoms with Gasteiger partial charge in [0.1, 0.15) is 0 Å². The molecule has 132 valence electrons.